The highest BCUT2D eigenvalue weighted by atomic mass is 16.2. The van der Waals surface area contributed by atoms with E-state index in [9.17, 15) is 9.59 Å². The normalized spacial score (nSPS) is 10.2. The molecule has 0 saturated carbocycles. The lowest BCUT2D eigenvalue weighted by molar-refractivity contribution is -0.122. The Labute approximate surface area is 118 Å². The minimum atomic E-state index is -0.206. The highest BCUT2D eigenvalue weighted by Gasteiger charge is 2.10. The van der Waals surface area contributed by atoms with E-state index >= 15 is 0 Å². The van der Waals surface area contributed by atoms with E-state index in [1.165, 1.54) is 0 Å². The maximum Gasteiger partial charge on any atom is 0.239 e. The van der Waals surface area contributed by atoms with Gasteiger partial charge in [0.05, 0.1) is 13.1 Å². The molecule has 2 amide bonds. The fraction of sp³-hybridized carbons (Fsp3) is 0.357. The number of anilines is 1. The molecule has 1 aromatic rings. The van der Waals surface area contributed by atoms with Gasteiger partial charge in [0.25, 0.3) is 0 Å². The molecule has 0 aromatic carbocycles. The van der Waals surface area contributed by atoms with Crippen LogP contribution in [0.3, 0.4) is 0 Å². The second kappa shape index (κ2) is 8.06. The van der Waals surface area contributed by atoms with E-state index in [2.05, 4.69) is 22.2 Å². The topological polar surface area (TPSA) is 74.3 Å². The first-order chi connectivity index (χ1) is 9.51. The molecule has 1 rings (SSSR count). The van der Waals surface area contributed by atoms with Crippen LogP contribution in [-0.2, 0) is 9.59 Å². The monoisotopic (exact) mass is 276 g/mol. The van der Waals surface area contributed by atoms with Crippen molar-refractivity contribution in [3.8, 4) is 0 Å². The Hall–Kier alpha value is -2.21. The van der Waals surface area contributed by atoms with Crippen LogP contribution in [0.15, 0.2) is 31.0 Å². The van der Waals surface area contributed by atoms with Gasteiger partial charge in [-0.05, 0) is 31.7 Å². The summed E-state index contributed by atoms with van der Waals surface area (Å²) < 4.78 is 0. The number of carbonyl (C=O) groups is 2. The van der Waals surface area contributed by atoms with E-state index in [1.807, 2.05) is 13.0 Å². The smallest absolute Gasteiger partial charge is 0.239 e. The van der Waals surface area contributed by atoms with Crippen molar-refractivity contribution in [2.24, 2.45) is 0 Å². The molecular weight excluding hydrogens is 256 g/mol. The third-order valence-electron chi connectivity index (χ3n) is 2.45. The van der Waals surface area contributed by atoms with Crippen molar-refractivity contribution in [1.82, 2.24) is 15.2 Å². The van der Waals surface area contributed by atoms with Crippen LogP contribution in [0.1, 0.15) is 5.56 Å². The molecule has 0 spiro atoms. The Morgan fingerprint density at radius 3 is 2.75 bits per heavy atom. The summed E-state index contributed by atoms with van der Waals surface area (Å²) in [5, 5.41) is 5.34. The molecule has 0 atom stereocenters. The van der Waals surface area contributed by atoms with Crippen molar-refractivity contribution in [3.05, 3.63) is 36.5 Å². The Bertz CT molecular complexity index is 488. The Morgan fingerprint density at radius 2 is 2.10 bits per heavy atom. The fourth-order valence-corrected chi connectivity index (χ4v) is 1.58. The molecule has 6 heteroatoms. The highest BCUT2D eigenvalue weighted by molar-refractivity contribution is 5.91. The predicted octanol–water partition coefficient (Wildman–Crippen LogP) is 0.563. The first kappa shape index (κ1) is 15.8. The summed E-state index contributed by atoms with van der Waals surface area (Å²) in [7, 11) is 1.71. The van der Waals surface area contributed by atoms with Gasteiger partial charge >= 0.3 is 0 Å². The van der Waals surface area contributed by atoms with Gasteiger partial charge in [0, 0.05) is 12.7 Å². The number of aromatic nitrogens is 1. The van der Waals surface area contributed by atoms with Gasteiger partial charge in [-0.3, -0.25) is 14.5 Å². The van der Waals surface area contributed by atoms with Crippen molar-refractivity contribution in [2.45, 2.75) is 6.92 Å². The molecule has 6 nitrogen and oxygen atoms in total. The van der Waals surface area contributed by atoms with Crippen LogP contribution in [0.25, 0.3) is 0 Å². The standard InChI is InChI=1S/C14H20N4O2/c1-4-6-16-13(19)9-18(3)10-14(20)17-12-8-11(2)5-7-15-12/h4-5,7-8H,1,6,9-10H2,2-3H3,(H,16,19)(H,15,17,20). The number of hydrogen-bond donors (Lipinski definition) is 2. The van der Waals surface area contributed by atoms with Crippen molar-refractivity contribution in [3.63, 3.8) is 0 Å². The maximum atomic E-state index is 11.8. The van der Waals surface area contributed by atoms with Gasteiger partial charge in [0.2, 0.25) is 11.8 Å². The lowest BCUT2D eigenvalue weighted by Gasteiger charge is -2.15. The summed E-state index contributed by atoms with van der Waals surface area (Å²) in [6.45, 7) is 6.14. The molecule has 0 bridgehead atoms. The Balaban J connectivity index is 2.38. The minimum absolute atomic E-state index is 0.122. The number of carbonyl (C=O) groups excluding carboxylic acids is 2. The molecular formula is C14H20N4O2. The molecule has 0 fully saturated rings. The summed E-state index contributed by atoms with van der Waals surface area (Å²) >= 11 is 0. The summed E-state index contributed by atoms with van der Waals surface area (Å²) in [6.07, 6.45) is 3.24. The third kappa shape index (κ3) is 6.10. The number of aryl methyl sites for hydroxylation is 1. The van der Waals surface area contributed by atoms with Crippen LogP contribution >= 0.6 is 0 Å². The molecule has 0 saturated heterocycles. The number of amides is 2. The van der Waals surface area contributed by atoms with Crippen LogP contribution < -0.4 is 10.6 Å². The first-order valence-corrected chi connectivity index (χ1v) is 6.30. The lowest BCUT2D eigenvalue weighted by atomic mass is 10.3. The van der Waals surface area contributed by atoms with Crippen molar-refractivity contribution < 1.29 is 9.59 Å². The largest absolute Gasteiger partial charge is 0.352 e. The zero-order valence-corrected chi connectivity index (χ0v) is 11.8. The third-order valence-corrected chi connectivity index (χ3v) is 2.45. The second-order valence-electron chi connectivity index (χ2n) is 4.53. The van der Waals surface area contributed by atoms with Crippen LogP contribution in [0.5, 0.6) is 0 Å². The second-order valence-corrected chi connectivity index (χ2v) is 4.53. The number of likely N-dealkylation sites (N-methyl/N-ethyl adjacent to an activating group) is 1. The van der Waals surface area contributed by atoms with Crippen molar-refractivity contribution >= 4 is 17.6 Å². The maximum absolute atomic E-state index is 11.8. The van der Waals surface area contributed by atoms with E-state index < -0.39 is 0 Å². The van der Waals surface area contributed by atoms with E-state index in [0.29, 0.717) is 12.4 Å². The molecule has 1 heterocycles. The molecule has 108 valence electrons. The van der Waals surface area contributed by atoms with Crippen LogP contribution in [0.4, 0.5) is 5.82 Å². The fourth-order valence-electron chi connectivity index (χ4n) is 1.58. The van der Waals surface area contributed by atoms with Gasteiger partial charge < -0.3 is 10.6 Å². The van der Waals surface area contributed by atoms with Gasteiger partial charge in [-0.2, -0.15) is 0 Å². The highest BCUT2D eigenvalue weighted by Crippen LogP contribution is 2.04. The quantitative estimate of drug-likeness (QED) is 0.714. The Kier molecular flexibility index (Phi) is 6.39. The molecule has 0 aliphatic carbocycles. The van der Waals surface area contributed by atoms with E-state index in [-0.39, 0.29) is 24.9 Å². The molecule has 0 aliphatic heterocycles. The minimum Gasteiger partial charge on any atom is -0.352 e. The summed E-state index contributed by atoms with van der Waals surface area (Å²) in [4.78, 5) is 28.9. The van der Waals surface area contributed by atoms with Gasteiger partial charge in [0.15, 0.2) is 0 Å². The summed E-state index contributed by atoms with van der Waals surface area (Å²) in [6, 6.07) is 3.64. The Morgan fingerprint density at radius 1 is 1.40 bits per heavy atom. The molecule has 1 aromatic heterocycles. The van der Waals surface area contributed by atoms with E-state index in [0.717, 1.165) is 5.56 Å². The number of hydrogen-bond acceptors (Lipinski definition) is 4. The van der Waals surface area contributed by atoms with Crippen LogP contribution in [0, 0.1) is 6.92 Å². The van der Waals surface area contributed by atoms with Gasteiger partial charge in [0.1, 0.15) is 5.82 Å². The van der Waals surface area contributed by atoms with Crippen molar-refractivity contribution in [2.75, 3.05) is 32.0 Å². The predicted molar refractivity (Wildman–Crippen MR) is 78.3 cm³/mol. The summed E-state index contributed by atoms with van der Waals surface area (Å²) in [5.74, 6) is 0.163. The zero-order chi connectivity index (χ0) is 15.0. The number of nitrogens with one attached hydrogen (secondary N) is 2. The first-order valence-electron chi connectivity index (χ1n) is 6.30. The average molecular weight is 276 g/mol. The summed E-state index contributed by atoms with van der Waals surface area (Å²) in [5.41, 5.74) is 1.02. The molecule has 0 radical (unpaired) electrons. The average Bonchev–Trinajstić information content (AvgIpc) is 2.35. The van der Waals surface area contributed by atoms with Crippen molar-refractivity contribution in [1.29, 1.82) is 0 Å². The van der Waals surface area contributed by atoms with Gasteiger partial charge in [-0.25, -0.2) is 4.98 Å². The van der Waals surface area contributed by atoms with E-state index in [4.69, 9.17) is 0 Å². The van der Waals surface area contributed by atoms with Gasteiger partial charge in [-0.15, -0.1) is 6.58 Å². The molecule has 2 N–H and O–H groups in total. The molecule has 0 aliphatic rings. The zero-order valence-electron chi connectivity index (χ0n) is 11.8. The van der Waals surface area contributed by atoms with Gasteiger partial charge in [-0.1, -0.05) is 6.08 Å². The van der Waals surface area contributed by atoms with Crippen LogP contribution in [0.2, 0.25) is 0 Å². The molecule has 20 heavy (non-hydrogen) atoms. The number of rotatable bonds is 7. The van der Waals surface area contributed by atoms with Crippen LogP contribution in [-0.4, -0.2) is 48.4 Å². The lowest BCUT2D eigenvalue weighted by Crippen LogP contribution is -2.39. The number of nitrogens with zero attached hydrogens (tertiary/aromatic N) is 2. The SMILES string of the molecule is C=CCNC(=O)CN(C)CC(=O)Nc1cc(C)ccn1. The molecule has 0 unspecified atom stereocenters. The number of pyridine rings is 1. The van der Waals surface area contributed by atoms with E-state index in [1.54, 1.807) is 30.3 Å².